The van der Waals surface area contributed by atoms with Crippen molar-refractivity contribution >= 4 is 50.7 Å². The van der Waals surface area contributed by atoms with Crippen LogP contribution in [0.4, 0.5) is 22.7 Å². The van der Waals surface area contributed by atoms with Crippen LogP contribution in [0.3, 0.4) is 0 Å². The van der Waals surface area contributed by atoms with Gasteiger partial charge in [-0.1, -0.05) is 0 Å². The van der Waals surface area contributed by atoms with E-state index < -0.39 is 37.7 Å². The molecule has 0 atom stereocenters. The van der Waals surface area contributed by atoms with Crippen LogP contribution in [0.1, 0.15) is 10.4 Å². The number of hydrogen-bond donors (Lipinski definition) is 0. The van der Waals surface area contributed by atoms with E-state index in [1.807, 2.05) is 4.90 Å². The Balaban J connectivity index is 1.19. The largest absolute Gasteiger partial charge is 0.450 e. The number of aromatic nitrogens is 2. The number of ether oxygens (including phenoxy) is 1. The average molecular weight is 603 g/mol. The molecule has 1 aliphatic rings. The molecule has 44 heavy (non-hydrogen) atoms. The van der Waals surface area contributed by atoms with Gasteiger partial charge >= 0.3 is 17.0 Å². The van der Waals surface area contributed by atoms with Crippen molar-refractivity contribution in [2.24, 2.45) is 0 Å². The predicted octanol–water partition coefficient (Wildman–Crippen LogP) is 3.81. The molecule has 0 unspecified atom stereocenters. The topological polar surface area (TPSA) is 231 Å². The van der Waals surface area contributed by atoms with E-state index in [0.717, 1.165) is 18.2 Å². The standard InChI is InChI=1S/C26H17N7O11/c34-25(30-9-7-29(8-10-30)18-4-5-19(32(38)39)24-23(18)27-44-28-24)17-11-14-1-3-16(13-22(14)43-26(17)35)42-21-6-2-15(31(36)37)12-20(21)33(40)41/h1-6,11-13H,7-10H2. The summed E-state index contributed by atoms with van der Waals surface area (Å²) in [7, 11) is 0. The third-order valence-electron chi connectivity index (χ3n) is 6.99. The Morgan fingerprint density at radius 3 is 2.25 bits per heavy atom. The molecule has 0 radical (unpaired) electrons. The molecular weight excluding hydrogens is 586 g/mol. The second kappa shape index (κ2) is 10.7. The van der Waals surface area contributed by atoms with Crippen molar-refractivity contribution in [3.63, 3.8) is 0 Å². The molecule has 0 bridgehead atoms. The number of carbonyl (C=O) groups is 1. The van der Waals surface area contributed by atoms with Gasteiger partial charge in [-0.25, -0.2) is 9.42 Å². The zero-order valence-corrected chi connectivity index (χ0v) is 22.1. The zero-order valence-electron chi connectivity index (χ0n) is 22.1. The first-order valence-corrected chi connectivity index (χ1v) is 12.7. The lowest BCUT2D eigenvalue weighted by atomic mass is 10.1. The summed E-state index contributed by atoms with van der Waals surface area (Å²) in [6.07, 6.45) is 0. The molecule has 1 fully saturated rings. The fourth-order valence-corrected chi connectivity index (χ4v) is 4.84. The van der Waals surface area contributed by atoms with Gasteiger partial charge in [0.1, 0.15) is 16.9 Å². The summed E-state index contributed by atoms with van der Waals surface area (Å²) in [5.41, 5.74) is -1.63. The average Bonchev–Trinajstić information content (AvgIpc) is 3.50. The third-order valence-corrected chi connectivity index (χ3v) is 6.99. The summed E-state index contributed by atoms with van der Waals surface area (Å²) in [6.45, 7) is 1.11. The highest BCUT2D eigenvalue weighted by molar-refractivity contribution is 5.97. The Hall–Kier alpha value is -6.46. The molecule has 1 aliphatic heterocycles. The van der Waals surface area contributed by atoms with Crippen molar-refractivity contribution in [2.45, 2.75) is 0 Å². The van der Waals surface area contributed by atoms with Gasteiger partial charge in [0.25, 0.3) is 11.6 Å². The monoisotopic (exact) mass is 603 g/mol. The van der Waals surface area contributed by atoms with Gasteiger partial charge < -0.3 is 19.0 Å². The number of carbonyl (C=O) groups excluding carboxylic acids is 1. The summed E-state index contributed by atoms with van der Waals surface area (Å²) in [6, 6.07) is 11.4. The van der Waals surface area contributed by atoms with E-state index in [0.29, 0.717) is 24.2 Å². The number of nitro benzene ring substituents is 3. The molecule has 0 aliphatic carbocycles. The van der Waals surface area contributed by atoms with Crippen LogP contribution in [0.5, 0.6) is 11.5 Å². The van der Waals surface area contributed by atoms with E-state index in [2.05, 4.69) is 10.3 Å². The SMILES string of the molecule is O=C(c1cc2ccc(Oc3ccc([N+](=O)[O-])cc3[N+](=O)[O-])cc2oc1=O)N1CCN(c2ccc([N+](=O)[O-])c3nonc23)CC1. The number of hydrogen-bond acceptors (Lipinski definition) is 14. The second-order valence-electron chi connectivity index (χ2n) is 9.52. The fraction of sp³-hybridized carbons (Fsp3) is 0.154. The highest BCUT2D eigenvalue weighted by atomic mass is 16.6. The van der Waals surface area contributed by atoms with Crippen molar-refractivity contribution in [1.82, 2.24) is 15.2 Å². The van der Waals surface area contributed by atoms with Gasteiger partial charge in [-0.3, -0.25) is 35.1 Å². The van der Waals surface area contributed by atoms with Gasteiger partial charge in [-0.05, 0) is 40.6 Å². The molecule has 222 valence electrons. The lowest BCUT2D eigenvalue weighted by Gasteiger charge is -2.35. The first-order valence-electron chi connectivity index (χ1n) is 12.7. The number of amides is 1. The zero-order chi connectivity index (χ0) is 31.1. The van der Waals surface area contributed by atoms with Crippen LogP contribution in [0, 0.1) is 30.3 Å². The molecule has 0 saturated carbocycles. The molecule has 2 aromatic heterocycles. The van der Waals surface area contributed by atoms with E-state index in [1.54, 1.807) is 0 Å². The van der Waals surface area contributed by atoms with Crippen LogP contribution in [0.25, 0.3) is 22.0 Å². The number of nitrogens with zero attached hydrogens (tertiary/aromatic N) is 7. The smallest absolute Gasteiger partial charge is 0.349 e. The number of fused-ring (bicyclic) bond motifs is 2. The third kappa shape index (κ3) is 4.95. The maximum atomic E-state index is 13.3. The number of rotatable bonds is 7. The quantitative estimate of drug-likeness (QED) is 0.146. The summed E-state index contributed by atoms with van der Waals surface area (Å²) in [4.78, 5) is 61.0. The van der Waals surface area contributed by atoms with Crippen LogP contribution in [0.2, 0.25) is 0 Å². The Morgan fingerprint density at radius 1 is 0.818 bits per heavy atom. The first-order chi connectivity index (χ1) is 21.1. The highest BCUT2D eigenvalue weighted by Crippen LogP contribution is 2.35. The minimum Gasteiger partial charge on any atom is -0.450 e. The lowest BCUT2D eigenvalue weighted by Crippen LogP contribution is -2.49. The van der Waals surface area contributed by atoms with Gasteiger partial charge in [0.2, 0.25) is 11.3 Å². The number of piperazine rings is 1. The normalized spacial score (nSPS) is 13.3. The maximum absolute atomic E-state index is 13.3. The Kier molecular flexibility index (Phi) is 6.76. The minimum absolute atomic E-state index is 0.0132. The van der Waals surface area contributed by atoms with Gasteiger partial charge in [0.05, 0.1) is 26.5 Å². The minimum atomic E-state index is -0.908. The Bertz CT molecular complexity index is 2070. The lowest BCUT2D eigenvalue weighted by molar-refractivity contribution is -0.394. The summed E-state index contributed by atoms with van der Waals surface area (Å²) >= 11 is 0. The molecule has 18 heteroatoms. The summed E-state index contributed by atoms with van der Waals surface area (Å²) in [5, 5.41) is 41.5. The van der Waals surface area contributed by atoms with E-state index >= 15 is 0 Å². The van der Waals surface area contributed by atoms with Crippen LogP contribution >= 0.6 is 0 Å². The van der Waals surface area contributed by atoms with Crippen LogP contribution in [-0.2, 0) is 0 Å². The maximum Gasteiger partial charge on any atom is 0.349 e. The van der Waals surface area contributed by atoms with Gasteiger partial charge in [-0.15, -0.1) is 0 Å². The Labute approximate surface area is 243 Å². The molecule has 0 N–H and O–H groups in total. The summed E-state index contributed by atoms with van der Waals surface area (Å²) in [5.74, 6) is -0.767. The summed E-state index contributed by atoms with van der Waals surface area (Å²) < 4.78 is 15.7. The van der Waals surface area contributed by atoms with Crippen molar-refractivity contribution in [3.8, 4) is 11.5 Å². The molecular formula is C26H17N7O11. The number of anilines is 1. The van der Waals surface area contributed by atoms with Crippen molar-refractivity contribution < 1.29 is 33.3 Å². The predicted molar refractivity (Wildman–Crippen MR) is 149 cm³/mol. The Morgan fingerprint density at radius 2 is 1.55 bits per heavy atom. The van der Waals surface area contributed by atoms with E-state index in [1.165, 1.54) is 41.3 Å². The van der Waals surface area contributed by atoms with Gasteiger partial charge in [0.15, 0.2) is 5.52 Å². The van der Waals surface area contributed by atoms with Crippen molar-refractivity contribution in [2.75, 3.05) is 31.1 Å². The van der Waals surface area contributed by atoms with Crippen LogP contribution in [-0.4, -0.2) is 62.1 Å². The number of nitro groups is 3. The van der Waals surface area contributed by atoms with E-state index in [4.69, 9.17) is 13.8 Å². The first kappa shape index (κ1) is 27.7. The van der Waals surface area contributed by atoms with E-state index in [9.17, 15) is 39.9 Å². The molecule has 1 saturated heterocycles. The van der Waals surface area contributed by atoms with E-state index in [-0.39, 0.29) is 52.5 Å². The second-order valence-corrected chi connectivity index (χ2v) is 9.52. The van der Waals surface area contributed by atoms with Gasteiger partial charge in [-0.2, -0.15) is 0 Å². The molecule has 18 nitrogen and oxygen atoms in total. The van der Waals surface area contributed by atoms with Crippen LogP contribution < -0.4 is 15.3 Å². The van der Waals surface area contributed by atoms with Crippen molar-refractivity contribution in [1.29, 1.82) is 0 Å². The van der Waals surface area contributed by atoms with Gasteiger partial charge in [0, 0.05) is 49.8 Å². The number of benzene rings is 3. The molecule has 3 heterocycles. The van der Waals surface area contributed by atoms with Crippen LogP contribution in [0.15, 0.2) is 68.4 Å². The number of non-ortho nitro benzene ring substituents is 2. The fourth-order valence-electron chi connectivity index (χ4n) is 4.84. The molecule has 3 aromatic carbocycles. The molecule has 6 rings (SSSR count). The molecule has 5 aromatic rings. The van der Waals surface area contributed by atoms with Crippen molar-refractivity contribution in [3.05, 3.63) is 101 Å². The molecule has 0 spiro atoms. The molecule has 1 amide bonds. The highest BCUT2D eigenvalue weighted by Gasteiger charge is 2.28.